The molecule has 3 aromatic rings. The smallest absolute Gasteiger partial charge is 0.275 e. The van der Waals surface area contributed by atoms with Crippen molar-refractivity contribution in [1.82, 2.24) is 16.1 Å². The number of methoxy groups -OCH3 is 1. The number of allylic oxidation sites excluding steroid dienone is 1. The highest BCUT2D eigenvalue weighted by Crippen LogP contribution is 2.34. The Balaban J connectivity index is 1.87. The first-order valence-corrected chi connectivity index (χ1v) is 10.9. The van der Waals surface area contributed by atoms with Gasteiger partial charge in [-0.15, -0.1) is 0 Å². The largest absolute Gasteiger partial charge is 0.496 e. The number of amides is 3. The van der Waals surface area contributed by atoms with Crippen LogP contribution in [0.1, 0.15) is 27.6 Å². The van der Waals surface area contributed by atoms with Gasteiger partial charge < -0.3 is 20.7 Å². The maximum atomic E-state index is 14.4. The zero-order chi connectivity index (χ0) is 27.1. The van der Waals surface area contributed by atoms with Gasteiger partial charge in [0.1, 0.15) is 23.1 Å². The predicted octanol–water partition coefficient (Wildman–Crippen LogP) is 3.58. The summed E-state index contributed by atoms with van der Waals surface area (Å²) in [5, 5.41) is 17.0. The monoisotopic (exact) mass is 510 g/mol. The average molecular weight is 510 g/mol. The molecule has 0 saturated carbocycles. The molecule has 0 bridgehead atoms. The average Bonchev–Trinajstić information content (AvgIpc) is 2.88. The number of hydrogen-bond donors (Lipinski definition) is 5. The zero-order valence-corrected chi connectivity index (χ0v) is 20.1. The van der Waals surface area contributed by atoms with Gasteiger partial charge in [-0.05, 0) is 55.5 Å². The standard InChI is InChI=1S/C26H24F2N4O5/c1-14(23(32-36)26(35)31-17-7-4-6-15(12-17)24(33)29-2)30-25(34)16-10-11-21(37-3)18(13-16)22-19(27)8-5-9-20(22)28/h4-13,32,36H,1-3H3,(H,29,33)(H,30,34)(H,31,35)/b23-14-. The van der Waals surface area contributed by atoms with Crippen molar-refractivity contribution < 1.29 is 33.1 Å². The molecular weight excluding hydrogens is 486 g/mol. The van der Waals surface area contributed by atoms with Crippen molar-refractivity contribution in [1.29, 1.82) is 0 Å². The molecule has 0 fully saturated rings. The molecule has 0 heterocycles. The number of halogens is 2. The molecule has 9 nitrogen and oxygen atoms in total. The summed E-state index contributed by atoms with van der Waals surface area (Å²) in [7, 11) is 2.79. The van der Waals surface area contributed by atoms with Gasteiger partial charge in [0.2, 0.25) is 0 Å². The number of nitrogens with one attached hydrogen (secondary N) is 4. The van der Waals surface area contributed by atoms with Crippen molar-refractivity contribution in [2.24, 2.45) is 0 Å². The van der Waals surface area contributed by atoms with Gasteiger partial charge >= 0.3 is 0 Å². The van der Waals surface area contributed by atoms with Gasteiger partial charge in [-0.3, -0.25) is 25.1 Å². The summed E-state index contributed by atoms with van der Waals surface area (Å²) in [6, 6.07) is 13.5. The Hall–Kier alpha value is -4.77. The van der Waals surface area contributed by atoms with Crippen LogP contribution >= 0.6 is 0 Å². The summed E-state index contributed by atoms with van der Waals surface area (Å²) < 4.78 is 34.0. The molecule has 0 aliphatic carbocycles. The second kappa shape index (κ2) is 11.8. The lowest BCUT2D eigenvalue weighted by molar-refractivity contribution is -0.114. The van der Waals surface area contributed by atoms with E-state index >= 15 is 0 Å². The molecule has 0 aliphatic heterocycles. The first-order chi connectivity index (χ1) is 17.7. The first kappa shape index (κ1) is 26.8. The fourth-order valence-electron chi connectivity index (χ4n) is 3.49. The zero-order valence-electron chi connectivity index (χ0n) is 20.1. The molecule has 0 unspecified atom stereocenters. The Labute approximate surface area is 211 Å². The third-order valence-corrected chi connectivity index (χ3v) is 5.32. The Morgan fingerprint density at radius 3 is 2.16 bits per heavy atom. The Morgan fingerprint density at radius 1 is 0.892 bits per heavy atom. The van der Waals surface area contributed by atoms with Crippen LogP contribution in [-0.2, 0) is 4.79 Å². The molecule has 0 atom stereocenters. The molecule has 0 aliphatic rings. The maximum absolute atomic E-state index is 14.4. The molecule has 11 heteroatoms. The van der Waals surface area contributed by atoms with Crippen LogP contribution in [0.15, 0.2) is 72.1 Å². The Bertz CT molecular complexity index is 1370. The number of ether oxygens (including phenoxy) is 1. The summed E-state index contributed by atoms with van der Waals surface area (Å²) in [5.74, 6) is -3.42. The topological polar surface area (TPSA) is 129 Å². The van der Waals surface area contributed by atoms with Crippen molar-refractivity contribution >= 4 is 23.4 Å². The summed E-state index contributed by atoms with van der Waals surface area (Å²) in [5.41, 5.74) is 1.54. The van der Waals surface area contributed by atoms with Crippen molar-refractivity contribution in [2.75, 3.05) is 19.5 Å². The van der Waals surface area contributed by atoms with E-state index in [-0.39, 0.29) is 45.4 Å². The van der Waals surface area contributed by atoms with E-state index in [1.807, 2.05) is 0 Å². The Kier molecular flexibility index (Phi) is 8.54. The van der Waals surface area contributed by atoms with E-state index in [0.29, 0.717) is 5.56 Å². The fourth-order valence-corrected chi connectivity index (χ4v) is 3.49. The highest BCUT2D eigenvalue weighted by molar-refractivity contribution is 6.05. The van der Waals surface area contributed by atoms with Crippen LogP contribution in [0.25, 0.3) is 11.1 Å². The minimum absolute atomic E-state index is 0.00813. The lowest BCUT2D eigenvalue weighted by Gasteiger charge is -2.15. The van der Waals surface area contributed by atoms with Crippen LogP contribution in [0.5, 0.6) is 5.75 Å². The number of carbonyl (C=O) groups is 3. The molecule has 0 saturated heterocycles. The van der Waals surface area contributed by atoms with Crippen LogP contribution in [0.3, 0.4) is 0 Å². The second-order valence-corrected chi connectivity index (χ2v) is 7.69. The van der Waals surface area contributed by atoms with E-state index < -0.39 is 23.4 Å². The van der Waals surface area contributed by atoms with Crippen LogP contribution in [0, 0.1) is 11.6 Å². The molecule has 37 heavy (non-hydrogen) atoms. The van der Waals surface area contributed by atoms with E-state index in [4.69, 9.17) is 4.74 Å². The van der Waals surface area contributed by atoms with E-state index in [2.05, 4.69) is 16.0 Å². The van der Waals surface area contributed by atoms with Crippen molar-refractivity contribution in [3.8, 4) is 16.9 Å². The molecule has 0 radical (unpaired) electrons. The number of carbonyl (C=O) groups excluding carboxylic acids is 3. The molecular formula is C26H24F2N4O5. The van der Waals surface area contributed by atoms with E-state index in [1.54, 1.807) is 17.6 Å². The second-order valence-electron chi connectivity index (χ2n) is 7.69. The van der Waals surface area contributed by atoms with Crippen LogP contribution < -0.4 is 26.2 Å². The summed E-state index contributed by atoms with van der Waals surface area (Å²) >= 11 is 0. The van der Waals surface area contributed by atoms with Gasteiger partial charge in [0.15, 0.2) is 0 Å². The van der Waals surface area contributed by atoms with E-state index in [1.165, 1.54) is 57.5 Å². The molecule has 192 valence electrons. The number of hydroxylamine groups is 1. The van der Waals surface area contributed by atoms with Crippen LogP contribution in [0.4, 0.5) is 14.5 Å². The Morgan fingerprint density at radius 2 is 1.54 bits per heavy atom. The fraction of sp³-hybridized carbons (Fsp3) is 0.115. The van der Waals surface area contributed by atoms with E-state index in [0.717, 1.165) is 12.1 Å². The molecule has 5 N–H and O–H groups in total. The number of rotatable bonds is 8. The van der Waals surface area contributed by atoms with Gasteiger partial charge in [-0.1, -0.05) is 12.1 Å². The van der Waals surface area contributed by atoms with Crippen LogP contribution in [0.2, 0.25) is 0 Å². The third kappa shape index (κ3) is 6.08. The minimum atomic E-state index is -0.837. The normalized spacial score (nSPS) is 11.2. The van der Waals surface area contributed by atoms with Crippen molar-refractivity contribution in [3.05, 3.63) is 94.8 Å². The molecule has 3 aromatic carbocycles. The van der Waals surface area contributed by atoms with Gasteiger partial charge in [0.05, 0.1) is 12.7 Å². The molecule has 3 amide bonds. The van der Waals surface area contributed by atoms with Crippen molar-refractivity contribution in [3.63, 3.8) is 0 Å². The number of benzene rings is 3. The summed E-state index contributed by atoms with van der Waals surface area (Å²) in [6.07, 6.45) is 0. The van der Waals surface area contributed by atoms with Gasteiger partial charge in [0, 0.05) is 35.1 Å². The van der Waals surface area contributed by atoms with Crippen molar-refractivity contribution in [2.45, 2.75) is 6.92 Å². The predicted molar refractivity (Wildman–Crippen MR) is 132 cm³/mol. The third-order valence-electron chi connectivity index (χ3n) is 5.32. The SMILES string of the molecule is CNC(=O)c1cccc(NC(=O)/C(NO)=C(\C)NC(=O)c2ccc(OC)c(-c3c(F)cccc3F)c2)c1. The highest BCUT2D eigenvalue weighted by Gasteiger charge is 2.20. The lowest BCUT2D eigenvalue weighted by atomic mass is 10.00. The number of anilines is 1. The first-order valence-electron chi connectivity index (χ1n) is 10.9. The summed E-state index contributed by atoms with van der Waals surface area (Å²) in [4.78, 5) is 37.4. The summed E-state index contributed by atoms with van der Waals surface area (Å²) in [6.45, 7) is 1.36. The quantitative estimate of drug-likeness (QED) is 0.233. The molecule has 0 aromatic heterocycles. The van der Waals surface area contributed by atoms with E-state index in [9.17, 15) is 28.4 Å². The minimum Gasteiger partial charge on any atom is -0.496 e. The van der Waals surface area contributed by atoms with Gasteiger partial charge in [0.25, 0.3) is 17.7 Å². The van der Waals surface area contributed by atoms with Gasteiger partial charge in [-0.25, -0.2) is 8.78 Å². The molecule has 0 spiro atoms. The molecule has 3 rings (SSSR count). The highest BCUT2D eigenvalue weighted by atomic mass is 19.1. The lowest BCUT2D eigenvalue weighted by Crippen LogP contribution is -2.31. The van der Waals surface area contributed by atoms with Gasteiger partial charge in [-0.2, -0.15) is 0 Å². The maximum Gasteiger partial charge on any atom is 0.275 e. The van der Waals surface area contributed by atoms with Crippen LogP contribution in [-0.4, -0.2) is 37.1 Å². The number of hydrogen-bond acceptors (Lipinski definition) is 6.